The number of anilines is 2. The molecule has 0 saturated carbocycles. The van der Waals surface area contributed by atoms with Gasteiger partial charge < -0.3 is 25.4 Å². The number of nitro benzene ring substituents is 1. The van der Waals surface area contributed by atoms with Crippen LogP contribution < -0.4 is 25.4 Å². The van der Waals surface area contributed by atoms with E-state index in [1.165, 1.54) is 12.1 Å². The van der Waals surface area contributed by atoms with Crippen molar-refractivity contribution in [3.05, 3.63) is 88.0 Å². The molecule has 0 spiro atoms. The highest BCUT2D eigenvalue weighted by Gasteiger charge is 2.27. The number of nitrogens with zero attached hydrogens (tertiary/aromatic N) is 1. The molecule has 1 atom stereocenters. The Morgan fingerprint density at radius 3 is 2.12 bits per heavy atom. The normalized spacial score (nSPS) is 12.9. The molecule has 0 radical (unpaired) electrons. The first kappa shape index (κ1) is 22.6. The van der Waals surface area contributed by atoms with Crippen LogP contribution in [0, 0.1) is 10.1 Å². The van der Waals surface area contributed by atoms with Gasteiger partial charge in [-0.05, 0) is 36.8 Å². The Labute approximate surface area is 195 Å². The zero-order chi connectivity index (χ0) is 24.1. The summed E-state index contributed by atoms with van der Waals surface area (Å²) in [7, 11) is 0. The highest BCUT2D eigenvalue weighted by Crippen LogP contribution is 2.36. The Bertz CT molecular complexity index is 1210. The molecule has 4 rings (SSSR count). The average molecular weight is 462 g/mol. The van der Waals surface area contributed by atoms with Crippen molar-refractivity contribution in [2.24, 2.45) is 0 Å². The first-order valence-corrected chi connectivity index (χ1v) is 10.5. The van der Waals surface area contributed by atoms with Crippen LogP contribution >= 0.6 is 0 Å². The van der Waals surface area contributed by atoms with E-state index < -0.39 is 16.9 Å². The van der Waals surface area contributed by atoms with Gasteiger partial charge in [0.2, 0.25) is 0 Å². The van der Waals surface area contributed by atoms with Crippen molar-refractivity contribution >= 4 is 29.0 Å². The van der Waals surface area contributed by atoms with Crippen molar-refractivity contribution < 1.29 is 24.0 Å². The molecule has 0 saturated heterocycles. The van der Waals surface area contributed by atoms with Crippen molar-refractivity contribution in [3.63, 3.8) is 0 Å². The molecular formula is C24H22N4O6. The fraction of sp³-hybridized carbons (Fsp3) is 0.167. The smallest absolute Gasteiger partial charge is 0.323 e. The summed E-state index contributed by atoms with van der Waals surface area (Å²) >= 11 is 0. The summed E-state index contributed by atoms with van der Waals surface area (Å²) in [5.74, 6) is -0.0820. The van der Waals surface area contributed by atoms with Crippen molar-refractivity contribution in [2.45, 2.75) is 13.0 Å². The molecule has 0 aliphatic carbocycles. The van der Waals surface area contributed by atoms with Gasteiger partial charge in [-0.3, -0.25) is 14.9 Å². The Hall–Kier alpha value is -4.60. The second kappa shape index (κ2) is 9.90. The number of hydrogen-bond acceptors (Lipinski definition) is 6. The molecule has 1 aliphatic rings. The summed E-state index contributed by atoms with van der Waals surface area (Å²) in [6, 6.07) is 17.7. The van der Waals surface area contributed by atoms with Gasteiger partial charge in [-0.15, -0.1) is 0 Å². The third kappa shape index (κ3) is 5.23. The molecule has 0 fully saturated rings. The fourth-order valence-corrected chi connectivity index (χ4v) is 3.44. The van der Waals surface area contributed by atoms with Gasteiger partial charge in [-0.1, -0.05) is 30.3 Å². The minimum atomic E-state index is -0.626. The number of para-hydroxylation sites is 1. The second-order valence-electron chi connectivity index (χ2n) is 7.53. The van der Waals surface area contributed by atoms with Gasteiger partial charge in [0.1, 0.15) is 18.8 Å². The molecule has 1 unspecified atom stereocenters. The zero-order valence-electron chi connectivity index (χ0n) is 18.2. The molecule has 3 aromatic rings. The summed E-state index contributed by atoms with van der Waals surface area (Å²) in [5.41, 5.74) is 1.51. The minimum absolute atomic E-state index is 0.114. The highest BCUT2D eigenvalue weighted by atomic mass is 16.6. The van der Waals surface area contributed by atoms with Crippen molar-refractivity contribution in [2.75, 3.05) is 23.8 Å². The van der Waals surface area contributed by atoms with E-state index in [4.69, 9.17) is 9.47 Å². The minimum Gasteiger partial charge on any atom is -0.486 e. The van der Waals surface area contributed by atoms with Crippen LogP contribution in [0.1, 0.15) is 28.9 Å². The molecule has 34 heavy (non-hydrogen) atoms. The number of hydrogen-bond donors (Lipinski definition) is 3. The van der Waals surface area contributed by atoms with Crippen molar-refractivity contribution in [1.29, 1.82) is 0 Å². The van der Waals surface area contributed by atoms with E-state index in [2.05, 4.69) is 16.0 Å². The molecule has 10 heteroatoms. The topological polar surface area (TPSA) is 132 Å². The van der Waals surface area contributed by atoms with Gasteiger partial charge in [0, 0.05) is 17.4 Å². The molecular weight excluding hydrogens is 440 g/mol. The standard InChI is InChI=1S/C24H22N4O6/c1-15(16-7-9-18(10-8-16)27-24(30)26-17-5-3-2-4-6-17)25-23(29)19-13-21-22(34-12-11-33-21)14-20(19)28(31)32/h2-10,13-15H,11-12H2,1H3,(H,25,29)(H2,26,27,30). The monoisotopic (exact) mass is 462 g/mol. The molecule has 10 nitrogen and oxygen atoms in total. The summed E-state index contributed by atoms with van der Waals surface area (Å²) < 4.78 is 10.8. The Kier molecular flexibility index (Phi) is 6.58. The molecule has 1 heterocycles. The van der Waals surface area contributed by atoms with Crippen LogP contribution in [-0.2, 0) is 0 Å². The molecule has 3 N–H and O–H groups in total. The van der Waals surface area contributed by atoms with Gasteiger partial charge in [0.15, 0.2) is 11.5 Å². The van der Waals surface area contributed by atoms with E-state index in [1.807, 2.05) is 18.2 Å². The SMILES string of the molecule is CC(NC(=O)c1cc2c(cc1[N+](=O)[O-])OCCO2)c1ccc(NC(=O)Nc2ccccc2)cc1. The summed E-state index contributed by atoms with van der Waals surface area (Å²) in [5, 5.41) is 19.7. The molecule has 3 aromatic carbocycles. The third-order valence-corrected chi connectivity index (χ3v) is 5.15. The lowest BCUT2D eigenvalue weighted by Gasteiger charge is -2.20. The van der Waals surface area contributed by atoms with Crippen LogP contribution in [0.2, 0.25) is 0 Å². The number of amides is 3. The maximum absolute atomic E-state index is 12.8. The number of nitro groups is 1. The van der Waals surface area contributed by atoms with Crippen LogP contribution in [0.3, 0.4) is 0 Å². The molecule has 1 aliphatic heterocycles. The van der Waals surface area contributed by atoms with Crippen LogP contribution in [0.15, 0.2) is 66.7 Å². The van der Waals surface area contributed by atoms with Gasteiger partial charge in [-0.2, -0.15) is 0 Å². The van der Waals surface area contributed by atoms with Crippen LogP contribution in [-0.4, -0.2) is 30.1 Å². The Balaban J connectivity index is 1.42. The number of rotatable bonds is 6. The number of fused-ring (bicyclic) bond motifs is 1. The predicted molar refractivity (Wildman–Crippen MR) is 125 cm³/mol. The van der Waals surface area contributed by atoms with E-state index in [-0.39, 0.29) is 29.6 Å². The lowest BCUT2D eigenvalue weighted by atomic mass is 10.1. The van der Waals surface area contributed by atoms with Crippen LogP contribution in [0.25, 0.3) is 0 Å². The summed E-state index contributed by atoms with van der Waals surface area (Å²) in [6.07, 6.45) is 0. The number of carbonyl (C=O) groups excluding carboxylic acids is 2. The number of nitrogens with one attached hydrogen (secondary N) is 3. The Morgan fingerprint density at radius 1 is 0.912 bits per heavy atom. The van der Waals surface area contributed by atoms with E-state index in [9.17, 15) is 19.7 Å². The van der Waals surface area contributed by atoms with Crippen LogP contribution in [0.5, 0.6) is 11.5 Å². The largest absolute Gasteiger partial charge is 0.486 e. The highest BCUT2D eigenvalue weighted by molar-refractivity contribution is 6.00. The molecule has 0 bridgehead atoms. The average Bonchev–Trinajstić information content (AvgIpc) is 2.84. The third-order valence-electron chi connectivity index (χ3n) is 5.15. The van der Waals surface area contributed by atoms with E-state index in [0.29, 0.717) is 23.7 Å². The van der Waals surface area contributed by atoms with Crippen molar-refractivity contribution in [3.8, 4) is 11.5 Å². The maximum atomic E-state index is 12.8. The number of benzene rings is 3. The quantitative estimate of drug-likeness (QED) is 0.365. The van der Waals surface area contributed by atoms with Gasteiger partial charge in [0.05, 0.1) is 17.0 Å². The lowest BCUT2D eigenvalue weighted by molar-refractivity contribution is -0.385. The first-order chi connectivity index (χ1) is 16.4. The predicted octanol–water partition coefficient (Wildman–Crippen LogP) is 4.50. The zero-order valence-corrected chi connectivity index (χ0v) is 18.2. The fourth-order valence-electron chi connectivity index (χ4n) is 3.44. The van der Waals surface area contributed by atoms with Gasteiger partial charge >= 0.3 is 6.03 Å². The lowest BCUT2D eigenvalue weighted by Crippen LogP contribution is -2.27. The second-order valence-corrected chi connectivity index (χ2v) is 7.53. The number of urea groups is 1. The first-order valence-electron chi connectivity index (χ1n) is 10.5. The van der Waals surface area contributed by atoms with Gasteiger partial charge in [0.25, 0.3) is 11.6 Å². The van der Waals surface area contributed by atoms with E-state index in [1.54, 1.807) is 43.3 Å². The summed E-state index contributed by atoms with van der Waals surface area (Å²) in [6.45, 7) is 2.34. The molecule has 174 valence electrons. The molecule has 0 aromatic heterocycles. The van der Waals surface area contributed by atoms with E-state index >= 15 is 0 Å². The number of carbonyl (C=O) groups is 2. The number of ether oxygens (including phenoxy) is 2. The van der Waals surface area contributed by atoms with E-state index in [0.717, 1.165) is 5.56 Å². The molecule has 3 amide bonds. The van der Waals surface area contributed by atoms with Crippen molar-refractivity contribution in [1.82, 2.24) is 5.32 Å². The Morgan fingerprint density at radius 2 is 1.50 bits per heavy atom. The maximum Gasteiger partial charge on any atom is 0.323 e. The summed E-state index contributed by atoms with van der Waals surface area (Å²) in [4.78, 5) is 35.9. The van der Waals surface area contributed by atoms with Crippen LogP contribution in [0.4, 0.5) is 21.9 Å². The van der Waals surface area contributed by atoms with Gasteiger partial charge in [-0.25, -0.2) is 4.79 Å².